The predicted molar refractivity (Wildman–Crippen MR) is 108 cm³/mol. The molecule has 1 saturated carbocycles. The van der Waals surface area contributed by atoms with Gasteiger partial charge in [0.15, 0.2) is 6.10 Å². The Morgan fingerprint density at radius 3 is 2.90 bits per heavy atom. The molecule has 1 N–H and O–H groups in total. The Labute approximate surface area is 170 Å². The summed E-state index contributed by atoms with van der Waals surface area (Å²) in [4.78, 5) is 17.5. The minimum atomic E-state index is -0.515. The normalized spacial score (nSPS) is 28.6. The van der Waals surface area contributed by atoms with E-state index in [0.717, 1.165) is 24.3 Å². The van der Waals surface area contributed by atoms with Gasteiger partial charge in [0.05, 0.1) is 30.0 Å². The zero-order valence-corrected chi connectivity index (χ0v) is 16.8. The van der Waals surface area contributed by atoms with E-state index in [-0.39, 0.29) is 23.5 Å². The van der Waals surface area contributed by atoms with Crippen LogP contribution in [0.1, 0.15) is 25.5 Å². The number of nitrogens with zero attached hydrogens (tertiary/aromatic N) is 5. The predicted octanol–water partition coefficient (Wildman–Crippen LogP) is 1.01. The number of fused-ring (bicyclic) bond motifs is 1. The number of hydrogen-bond acceptors (Lipinski definition) is 6. The molecule has 8 heteroatoms. The molecule has 2 unspecified atom stereocenters. The highest BCUT2D eigenvalue weighted by Gasteiger charge is 2.55. The molecule has 3 fully saturated rings. The molecule has 2 aromatic heterocycles. The van der Waals surface area contributed by atoms with Gasteiger partial charge in [-0.2, -0.15) is 10.4 Å². The van der Waals surface area contributed by atoms with Gasteiger partial charge in [-0.3, -0.25) is 4.79 Å². The van der Waals surface area contributed by atoms with Crippen molar-refractivity contribution in [2.75, 3.05) is 38.1 Å². The van der Waals surface area contributed by atoms with Crippen LogP contribution in [-0.4, -0.2) is 71.9 Å². The third-order valence-corrected chi connectivity index (χ3v) is 6.57. The fourth-order valence-electron chi connectivity index (χ4n) is 5.00. The van der Waals surface area contributed by atoms with Gasteiger partial charge >= 0.3 is 0 Å². The first-order chi connectivity index (χ1) is 14.0. The number of amides is 1. The second-order valence-corrected chi connectivity index (χ2v) is 8.80. The van der Waals surface area contributed by atoms with Crippen LogP contribution >= 0.6 is 0 Å². The number of aromatic nitrogens is 2. The molecule has 8 nitrogen and oxygen atoms in total. The number of hydrogen-bond donors (Lipinski definition) is 1. The maximum Gasteiger partial charge on any atom is 0.251 e. The molecule has 0 aromatic carbocycles. The van der Waals surface area contributed by atoms with Crippen molar-refractivity contribution in [2.24, 2.45) is 5.41 Å². The van der Waals surface area contributed by atoms with Crippen molar-refractivity contribution < 1.29 is 9.53 Å². The molecule has 3 atom stereocenters. The SMILES string of the molecule is C[C@@H]1CN(c2ccc(C#N)n3nccc23)CC(C(=O)NC2CN(C)CC23CC3)O1. The Kier molecular flexibility index (Phi) is 4.26. The van der Waals surface area contributed by atoms with E-state index in [9.17, 15) is 10.1 Å². The lowest BCUT2D eigenvalue weighted by Gasteiger charge is -2.38. The Morgan fingerprint density at radius 1 is 1.31 bits per heavy atom. The number of morpholine rings is 1. The average Bonchev–Trinajstić information content (AvgIpc) is 3.17. The van der Waals surface area contributed by atoms with E-state index in [0.29, 0.717) is 18.8 Å². The molecule has 4 heterocycles. The number of nitriles is 1. The highest BCUT2D eigenvalue weighted by atomic mass is 16.5. The fourth-order valence-corrected chi connectivity index (χ4v) is 5.00. The van der Waals surface area contributed by atoms with Crippen LogP contribution in [0.4, 0.5) is 5.69 Å². The van der Waals surface area contributed by atoms with Crippen molar-refractivity contribution in [3.63, 3.8) is 0 Å². The molecule has 3 aliphatic rings. The Morgan fingerprint density at radius 2 is 2.14 bits per heavy atom. The molecule has 2 aliphatic heterocycles. The number of nitrogens with one attached hydrogen (secondary N) is 1. The van der Waals surface area contributed by atoms with Crippen LogP contribution < -0.4 is 10.2 Å². The molecule has 152 valence electrons. The van der Waals surface area contributed by atoms with Crippen molar-refractivity contribution in [1.29, 1.82) is 5.26 Å². The molecule has 5 rings (SSSR count). The Hall–Kier alpha value is -2.63. The number of anilines is 1. The van der Waals surface area contributed by atoms with Gasteiger partial charge in [0.1, 0.15) is 11.8 Å². The topological polar surface area (TPSA) is 85.9 Å². The van der Waals surface area contributed by atoms with Gasteiger partial charge in [-0.15, -0.1) is 0 Å². The monoisotopic (exact) mass is 394 g/mol. The highest BCUT2D eigenvalue weighted by molar-refractivity contribution is 5.83. The molecule has 1 amide bonds. The fraction of sp³-hybridized carbons (Fsp3) is 0.571. The lowest BCUT2D eigenvalue weighted by molar-refractivity contribution is -0.138. The Bertz CT molecular complexity index is 991. The molecular formula is C21H26N6O2. The summed E-state index contributed by atoms with van der Waals surface area (Å²) in [7, 11) is 2.12. The van der Waals surface area contributed by atoms with Gasteiger partial charge < -0.3 is 19.9 Å². The number of pyridine rings is 1. The van der Waals surface area contributed by atoms with Crippen LogP contribution in [0.25, 0.3) is 5.52 Å². The molecule has 2 saturated heterocycles. The number of likely N-dealkylation sites (N-methyl/N-ethyl adjacent to an activating group) is 1. The van der Waals surface area contributed by atoms with Crippen molar-refractivity contribution in [3.05, 3.63) is 30.1 Å². The first-order valence-electron chi connectivity index (χ1n) is 10.3. The molecule has 0 bridgehead atoms. The van der Waals surface area contributed by atoms with Gasteiger partial charge in [-0.1, -0.05) is 0 Å². The van der Waals surface area contributed by atoms with Crippen LogP contribution in [-0.2, 0) is 9.53 Å². The molecule has 29 heavy (non-hydrogen) atoms. The Balaban J connectivity index is 1.35. The third-order valence-electron chi connectivity index (χ3n) is 6.57. The van der Waals surface area contributed by atoms with Crippen molar-refractivity contribution in [3.8, 4) is 6.07 Å². The van der Waals surface area contributed by atoms with Crippen LogP contribution in [0.15, 0.2) is 24.4 Å². The smallest absolute Gasteiger partial charge is 0.251 e. The largest absolute Gasteiger partial charge is 0.364 e. The zero-order chi connectivity index (χ0) is 20.2. The van der Waals surface area contributed by atoms with E-state index < -0.39 is 6.10 Å². The van der Waals surface area contributed by atoms with E-state index in [1.165, 1.54) is 12.8 Å². The van der Waals surface area contributed by atoms with Crippen LogP contribution in [0.5, 0.6) is 0 Å². The first-order valence-corrected chi connectivity index (χ1v) is 10.3. The maximum absolute atomic E-state index is 13.1. The van der Waals surface area contributed by atoms with Crippen molar-refractivity contribution in [2.45, 2.75) is 38.0 Å². The zero-order valence-electron chi connectivity index (χ0n) is 16.8. The average molecular weight is 394 g/mol. The maximum atomic E-state index is 13.1. The highest BCUT2D eigenvalue weighted by Crippen LogP contribution is 2.52. The van der Waals surface area contributed by atoms with Crippen molar-refractivity contribution >= 4 is 17.1 Å². The van der Waals surface area contributed by atoms with Crippen LogP contribution in [0.3, 0.4) is 0 Å². The van der Waals surface area contributed by atoms with Gasteiger partial charge in [0.25, 0.3) is 5.91 Å². The van der Waals surface area contributed by atoms with Gasteiger partial charge in [-0.25, -0.2) is 4.52 Å². The summed E-state index contributed by atoms with van der Waals surface area (Å²) in [5.41, 5.74) is 2.60. The van der Waals surface area contributed by atoms with Gasteiger partial charge in [0.2, 0.25) is 0 Å². The van der Waals surface area contributed by atoms with Crippen molar-refractivity contribution in [1.82, 2.24) is 19.8 Å². The molecule has 1 spiro atoms. The molecule has 1 aliphatic carbocycles. The lowest BCUT2D eigenvalue weighted by atomic mass is 10.0. The van der Waals surface area contributed by atoms with E-state index >= 15 is 0 Å². The lowest BCUT2D eigenvalue weighted by Crippen LogP contribution is -2.55. The minimum Gasteiger partial charge on any atom is -0.364 e. The summed E-state index contributed by atoms with van der Waals surface area (Å²) in [5.74, 6) is -0.0219. The summed E-state index contributed by atoms with van der Waals surface area (Å²) >= 11 is 0. The van der Waals surface area contributed by atoms with Gasteiger partial charge in [0, 0.05) is 31.1 Å². The van der Waals surface area contributed by atoms with Crippen LogP contribution in [0, 0.1) is 16.7 Å². The standard InChI is InChI=1S/C21H26N6O2/c1-14-10-26(16-4-3-15(9-22)27-17(16)5-8-23-27)11-18(29-14)20(28)24-19-12-25(2)13-21(19)6-7-21/h3-5,8,14,18-19H,6-7,10-13H2,1-2H3,(H,24,28)/t14-,18?,19?/m1/s1. The third kappa shape index (κ3) is 3.15. The number of ether oxygens (including phenoxy) is 1. The number of rotatable bonds is 3. The second kappa shape index (κ2) is 6.71. The summed E-state index contributed by atoms with van der Waals surface area (Å²) < 4.78 is 7.67. The first kappa shape index (κ1) is 18.4. The molecule has 0 radical (unpaired) electrons. The van der Waals surface area contributed by atoms with E-state index in [1.807, 2.05) is 19.1 Å². The van der Waals surface area contributed by atoms with E-state index in [2.05, 4.69) is 33.3 Å². The van der Waals surface area contributed by atoms with E-state index in [1.54, 1.807) is 16.8 Å². The quantitative estimate of drug-likeness (QED) is 0.836. The summed E-state index contributed by atoms with van der Waals surface area (Å²) in [6, 6.07) is 7.99. The summed E-state index contributed by atoms with van der Waals surface area (Å²) in [6.45, 7) is 5.14. The van der Waals surface area contributed by atoms with Gasteiger partial charge in [-0.05, 0) is 45.0 Å². The number of carbonyl (C=O) groups is 1. The minimum absolute atomic E-state index is 0.0219. The summed E-state index contributed by atoms with van der Waals surface area (Å²) in [5, 5.41) is 16.9. The number of likely N-dealkylation sites (tertiary alicyclic amines) is 1. The molecule has 2 aromatic rings. The summed E-state index contributed by atoms with van der Waals surface area (Å²) in [6.07, 6.45) is 3.50. The molecular weight excluding hydrogens is 368 g/mol. The van der Waals surface area contributed by atoms with Crippen LogP contribution in [0.2, 0.25) is 0 Å². The number of carbonyl (C=O) groups excluding carboxylic acids is 1. The second-order valence-electron chi connectivity index (χ2n) is 8.80. The van der Waals surface area contributed by atoms with E-state index in [4.69, 9.17) is 4.74 Å².